The summed E-state index contributed by atoms with van der Waals surface area (Å²) in [6.45, 7) is 37.2. The molecule has 135 heavy (non-hydrogen) atoms. The number of halogens is 9. The number of nitrogens with zero attached hydrogens (tertiary/aromatic N) is 7. The summed E-state index contributed by atoms with van der Waals surface area (Å²) >= 11 is 3.55. The number of likely N-dealkylation sites (N-methyl/N-ethyl adjacent to an activating group) is 2. The minimum atomic E-state index is -1.98. The average molecular weight is 2020 g/mol. The van der Waals surface area contributed by atoms with E-state index in [-0.39, 0.29) is 87.2 Å². The van der Waals surface area contributed by atoms with Crippen molar-refractivity contribution in [3.63, 3.8) is 0 Å². The molecular weight excluding hydrogens is 1900 g/mol. The van der Waals surface area contributed by atoms with Crippen molar-refractivity contribution in [1.82, 2.24) is 53.3 Å². The third kappa shape index (κ3) is 24.3. The number of Topliss-reactive ketones (excluding diaryl/α,β-unsaturated/α-hetero) is 3. The minimum absolute atomic E-state index is 0. The second-order valence-electron chi connectivity index (χ2n) is 35.5. The van der Waals surface area contributed by atoms with E-state index in [0.717, 1.165) is 59.6 Å². The predicted octanol–water partition coefficient (Wildman–Crippen LogP) is 25.4. The Kier molecular flexibility index (Phi) is 38.4. The number of thiazole rings is 1. The van der Waals surface area contributed by atoms with Crippen LogP contribution >= 0.6 is 33.9 Å². The molecule has 19 nitrogen and oxygen atoms in total. The highest BCUT2D eigenvalue weighted by Crippen LogP contribution is 2.47. The molecule has 2 atom stereocenters. The average Bonchev–Trinajstić information content (AvgIpc) is 1.60. The number of amides is 1. The number of carboxylic acids is 2. The van der Waals surface area contributed by atoms with Gasteiger partial charge in [-0.15, -0.1) is 11.3 Å². The van der Waals surface area contributed by atoms with E-state index in [0.29, 0.717) is 100 Å². The molecule has 0 spiro atoms. The highest BCUT2D eigenvalue weighted by molar-refractivity contribution is 14.1. The van der Waals surface area contributed by atoms with E-state index in [4.69, 9.17) is 10.2 Å². The van der Waals surface area contributed by atoms with E-state index >= 15 is 0 Å². The molecule has 1 aliphatic carbocycles. The van der Waals surface area contributed by atoms with Gasteiger partial charge in [0.15, 0.2) is 38.8 Å². The summed E-state index contributed by atoms with van der Waals surface area (Å²) in [5.74, 6) is -6.82. The molecule has 3 aliphatic rings. The zero-order valence-electron chi connectivity index (χ0n) is 78.7. The van der Waals surface area contributed by atoms with E-state index in [1.165, 1.54) is 131 Å². The van der Waals surface area contributed by atoms with E-state index in [1.807, 2.05) is 34.8 Å². The molecule has 2 saturated heterocycles. The smallest absolute Gasteiger partial charge is 0.338 e. The Labute approximate surface area is 804 Å². The van der Waals surface area contributed by atoms with Gasteiger partial charge < -0.3 is 53.6 Å². The van der Waals surface area contributed by atoms with E-state index in [1.54, 1.807) is 113 Å². The zero-order valence-corrected chi connectivity index (χ0v) is 83.7. The van der Waals surface area contributed by atoms with Crippen LogP contribution in [-0.4, -0.2) is 171 Å². The first-order valence-electron chi connectivity index (χ1n) is 45.0. The fourth-order valence-electron chi connectivity index (χ4n) is 19.5. The summed E-state index contributed by atoms with van der Waals surface area (Å²) in [7, 11) is 0.213. The van der Waals surface area contributed by atoms with E-state index < -0.39 is 51.7 Å². The van der Waals surface area contributed by atoms with Crippen molar-refractivity contribution in [2.24, 2.45) is 0 Å². The van der Waals surface area contributed by atoms with Crippen molar-refractivity contribution in [2.75, 3.05) is 53.4 Å². The van der Waals surface area contributed by atoms with Gasteiger partial charge in [-0.25, -0.2) is 49.7 Å². The molecule has 1 amide bonds. The number of fused-ring (bicyclic) bond motifs is 5. The van der Waals surface area contributed by atoms with Crippen LogP contribution in [0.4, 0.5) is 35.1 Å². The topological polar surface area (TPSA) is 234 Å². The first-order chi connectivity index (χ1) is 63.7. The quantitative estimate of drug-likeness (QED) is 0.0192. The van der Waals surface area contributed by atoms with Gasteiger partial charge in [0.1, 0.15) is 46.5 Å². The van der Waals surface area contributed by atoms with Crippen LogP contribution < -0.4 is 16.0 Å². The fraction of sp³-hybridized carbons (Fsp3) is 0.356. The third-order valence-electron chi connectivity index (χ3n) is 25.9. The molecule has 0 bridgehead atoms. The Bertz CT molecular complexity index is 6040. The number of benzene rings is 8. The molecule has 2 aliphatic heterocycles. The molecule has 6 aromatic heterocycles. The van der Waals surface area contributed by atoms with Crippen LogP contribution in [0.3, 0.4) is 0 Å². The lowest BCUT2D eigenvalue weighted by Crippen LogP contribution is -2.62. The van der Waals surface area contributed by atoms with Crippen LogP contribution in [0.25, 0.3) is 65.9 Å². The Hall–Kier alpha value is -11.0. The van der Waals surface area contributed by atoms with Crippen LogP contribution in [-0.2, 0) is 0 Å². The molecule has 17 rings (SSSR count). The molecule has 1 saturated carbocycles. The van der Waals surface area contributed by atoms with Crippen molar-refractivity contribution in [3.05, 3.63) is 289 Å². The number of aromatic amines is 1. The largest absolute Gasteiger partial charge is 0.478 e. The number of aromatic carboxylic acids is 2. The number of H-pyrrole nitrogens is 1. The molecule has 8 aromatic carbocycles. The van der Waals surface area contributed by atoms with Gasteiger partial charge >= 0.3 is 11.9 Å². The monoisotopic (exact) mass is 2020 g/mol. The van der Waals surface area contributed by atoms with Gasteiger partial charge in [0, 0.05) is 146 Å². The maximum atomic E-state index is 14.7. The fourth-order valence-corrected chi connectivity index (χ4v) is 33.7. The van der Waals surface area contributed by atoms with Gasteiger partial charge in [0.2, 0.25) is 0 Å². The highest BCUT2D eigenvalue weighted by atomic mass is 127. The van der Waals surface area contributed by atoms with Gasteiger partial charge in [-0.1, -0.05) is 103 Å². The lowest BCUT2D eigenvalue weighted by molar-refractivity contribution is 0.0501. The standard InChI is InChI=1S/C19H28FNOSi.C18H26FNO2Si.C16H11F2NO.C15H9F2NO2.C11H16N4OS.C10H8FNO.C8H18N2.C6H4FI.CH4/c1-12(2)23(13(3)4,14(5)6)21-11-10-17-18(21)9-8-16(15(7)22)19(17)20;1-11(2)23(12(3)4,13(5)6)20-10-9-14-16(20)8-7-15(17(14)19)18(21)22;1-10(20)13-6-7-15-14(16(13)18)8-9-19(15)12-4-2-11(17)3-5-12;16-9-1-3-10(4-2-9)18-8-7-11-13(18)6-5-12(14(11)17)15(19)20;16-11(10-13-1-6-17-10)15-4-2-14(3-5-15)9-7-12-8-9;1-6(13)7-2-3-9-8(10(7)11)4-5-12-9;1-9-7-5-3-4-6-8(7)10-2;7-5-1-3-6(8)4-2-5;/h8-14H,1-7H3;7-13H,1-6H3,(H,21,22);2-9H,1H3;1-8H,(H,19,20);1,6,9,12H,2-5,7-8H2;2-5,12H,1H3;7-10H,3-6H2,1-2H3;1-4H;1H4/t;;;;;;7-,8-;;/m......0../s1. The lowest BCUT2D eigenvalue weighted by atomic mass is 9.91. The van der Waals surface area contributed by atoms with Gasteiger partial charge in [-0.2, -0.15) is 0 Å². The third-order valence-corrected chi connectivity index (χ3v) is 40.9. The second kappa shape index (κ2) is 48.1. The van der Waals surface area contributed by atoms with Gasteiger partial charge in [-0.05, 0) is 280 Å². The molecular formula is C104H124F8IN11O8SSi2. The Morgan fingerprint density at radius 2 is 0.778 bits per heavy atom. The summed E-state index contributed by atoms with van der Waals surface area (Å²) in [5, 5.41) is 32.5. The number of aromatic nitrogens is 6. The second-order valence-corrected chi connectivity index (χ2v) is 49.1. The molecule has 3 fully saturated rings. The Morgan fingerprint density at radius 3 is 1.11 bits per heavy atom. The summed E-state index contributed by atoms with van der Waals surface area (Å²) in [6.07, 6.45) is 16.1. The summed E-state index contributed by atoms with van der Waals surface area (Å²) < 4.78 is 118. The first-order valence-corrected chi connectivity index (χ1v) is 51.3. The number of nitrogens with one attached hydrogen (secondary N) is 4. The number of rotatable bonds is 19. The molecule has 8 heterocycles. The number of ketones is 3. The Morgan fingerprint density at radius 1 is 0.437 bits per heavy atom. The van der Waals surface area contributed by atoms with Crippen molar-refractivity contribution >= 4 is 140 Å². The molecule has 0 radical (unpaired) electrons. The predicted molar refractivity (Wildman–Crippen MR) is 542 cm³/mol. The molecule has 14 aromatic rings. The number of hydrogen-bond acceptors (Lipinski definition) is 12. The molecule has 31 heteroatoms. The van der Waals surface area contributed by atoms with Gasteiger partial charge in [0.05, 0.1) is 38.9 Å². The lowest BCUT2D eigenvalue weighted by Gasteiger charge is -2.44. The molecule has 720 valence electrons. The number of piperazine rings is 1. The summed E-state index contributed by atoms with van der Waals surface area (Å²) in [6, 6.07) is 44.3. The number of carbonyl (C=O) groups excluding carboxylic acids is 4. The van der Waals surface area contributed by atoms with Gasteiger partial charge in [0.25, 0.3) is 5.91 Å². The zero-order chi connectivity index (χ0) is 98.1. The summed E-state index contributed by atoms with van der Waals surface area (Å²) in [4.78, 5) is 79.4. The number of carbonyl (C=O) groups is 6. The maximum Gasteiger partial charge on any atom is 0.338 e. The number of hydrogen-bond donors (Lipinski definition) is 6. The Balaban J connectivity index is 0.000000176. The van der Waals surface area contributed by atoms with Crippen LogP contribution in [0.5, 0.6) is 0 Å². The van der Waals surface area contributed by atoms with E-state index in [9.17, 15) is 63.9 Å². The van der Waals surface area contributed by atoms with Crippen molar-refractivity contribution in [3.8, 4) is 11.4 Å². The maximum absolute atomic E-state index is 14.7. The van der Waals surface area contributed by atoms with Crippen LogP contribution in [0, 0.1) is 50.1 Å². The molecule has 0 unspecified atom stereocenters. The molecule has 6 N–H and O–H groups in total. The van der Waals surface area contributed by atoms with Crippen LogP contribution in [0.15, 0.2) is 206 Å². The van der Waals surface area contributed by atoms with Crippen LogP contribution in [0.2, 0.25) is 33.2 Å². The van der Waals surface area contributed by atoms with Gasteiger partial charge in [-0.3, -0.25) is 24.1 Å². The van der Waals surface area contributed by atoms with Crippen molar-refractivity contribution in [1.29, 1.82) is 0 Å². The first kappa shape index (κ1) is 108. The normalized spacial score (nSPS) is 14.5. The van der Waals surface area contributed by atoms with Crippen molar-refractivity contribution < 1.29 is 74.1 Å². The van der Waals surface area contributed by atoms with E-state index in [2.05, 4.69) is 159 Å². The van der Waals surface area contributed by atoms with Crippen LogP contribution in [0.1, 0.15) is 199 Å². The summed E-state index contributed by atoms with van der Waals surface area (Å²) in [5.41, 5.74) is 7.86. The SMILES string of the molecule is C.CC(=O)c1ccc2[nH]ccc2c1F.CC(=O)c1ccc2c(ccn2-c2ccc(F)cc2)c1F.CC(=O)c1ccc2c(ccn2[Si](C(C)C)(C(C)C)C(C)C)c1F.CC(C)[Si](C(C)C)(C(C)C)n1ccc2c(F)c(C(=O)O)ccc21.CN[C@H]1CCCC[C@@H]1NC.Fc1ccc(I)cc1.O=C(O)c1ccc2c(ccn2-c2ccc(F)cc2)c1F.O=C(c1nccs1)N1CCN(C2CNC2)CC1. The highest BCUT2D eigenvalue weighted by Gasteiger charge is 2.47. The van der Waals surface area contributed by atoms with Crippen molar-refractivity contribution in [2.45, 2.75) is 188 Å². The number of carboxylic acid groups (broad SMARTS) is 2. The minimum Gasteiger partial charge on any atom is -0.478 e.